The maximum absolute atomic E-state index is 12.4. The number of ether oxygens (including phenoxy) is 2. The van der Waals surface area contributed by atoms with Gasteiger partial charge in [-0.25, -0.2) is 0 Å². The maximum Gasteiger partial charge on any atom is 0.242 e. The van der Waals surface area contributed by atoms with Crippen LogP contribution in [0.1, 0.15) is 44.7 Å². The minimum absolute atomic E-state index is 0.0259. The number of hydrogen-bond acceptors (Lipinski definition) is 4. The van der Waals surface area contributed by atoms with E-state index in [-0.39, 0.29) is 23.8 Å². The van der Waals surface area contributed by atoms with Gasteiger partial charge < -0.3 is 20.1 Å². The third kappa shape index (κ3) is 4.08. The quantitative estimate of drug-likeness (QED) is 0.781. The molecule has 1 saturated carbocycles. The Morgan fingerprint density at radius 2 is 1.76 bits per heavy atom. The first kappa shape index (κ1) is 18.0. The molecule has 0 aromatic heterocycles. The first-order chi connectivity index (χ1) is 12.0. The lowest BCUT2D eigenvalue weighted by molar-refractivity contribution is -0.132. The van der Waals surface area contributed by atoms with E-state index in [2.05, 4.69) is 26.6 Å². The van der Waals surface area contributed by atoms with Crippen LogP contribution in [0.5, 0.6) is 11.5 Å². The molecule has 1 aromatic rings. The van der Waals surface area contributed by atoms with Crippen molar-refractivity contribution in [1.82, 2.24) is 10.6 Å². The van der Waals surface area contributed by atoms with Gasteiger partial charge in [0.25, 0.3) is 0 Å². The normalized spacial score (nSPS) is 18.7. The zero-order chi connectivity index (χ0) is 18.0. The molecular formula is C18H23BrN2O4. The molecule has 1 aromatic carbocycles. The largest absolute Gasteiger partial charge is 0.486 e. The van der Waals surface area contributed by atoms with E-state index in [1.54, 1.807) is 6.92 Å². The van der Waals surface area contributed by atoms with Gasteiger partial charge in [0.1, 0.15) is 19.3 Å². The second-order valence-corrected chi connectivity index (χ2v) is 7.46. The Bertz CT molecular complexity index is 675. The van der Waals surface area contributed by atoms with Gasteiger partial charge in [0.15, 0.2) is 11.5 Å². The van der Waals surface area contributed by atoms with Gasteiger partial charge in [-0.1, -0.05) is 22.4 Å². The average Bonchev–Trinajstić information content (AvgIpc) is 2.52. The molecule has 1 heterocycles. The molecule has 6 nitrogen and oxygen atoms in total. The van der Waals surface area contributed by atoms with Crippen LogP contribution in [0.25, 0.3) is 0 Å². The summed E-state index contributed by atoms with van der Waals surface area (Å²) in [6.45, 7) is 4.65. The van der Waals surface area contributed by atoms with Crippen molar-refractivity contribution in [2.24, 2.45) is 5.92 Å². The summed E-state index contributed by atoms with van der Waals surface area (Å²) >= 11 is 3.52. The number of nitrogens with one attached hydrogen (secondary N) is 2. The minimum Gasteiger partial charge on any atom is -0.486 e. The lowest BCUT2D eigenvalue weighted by atomic mass is 9.84. The number of carbonyl (C=O) groups is 2. The monoisotopic (exact) mass is 410 g/mol. The van der Waals surface area contributed by atoms with E-state index in [4.69, 9.17) is 9.47 Å². The van der Waals surface area contributed by atoms with Gasteiger partial charge in [0, 0.05) is 10.4 Å². The fourth-order valence-corrected chi connectivity index (χ4v) is 3.56. The van der Waals surface area contributed by atoms with Crippen LogP contribution >= 0.6 is 15.9 Å². The topological polar surface area (TPSA) is 76.7 Å². The van der Waals surface area contributed by atoms with Crippen molar-refractivity contribution in [1.29, 1.82) is 0 Å². The van der Waals surface area contributed by atoms with Gasteiger partial charge in [0.2, 0.25) is 11.8 Å². The molecule has 2 amide bonds. The van der Waals surface area contributed by atoms with E-state index >= 15 is 0 Å². The van der Waals surface area contributed by atoms with Crippen molar-refractivity contribution >= 4 is 27.7 Å². The molecule has 1 aliphatic heterocycles. The molecule has 0 radical (unpaired) electrons. The molecule has 2 unspecified atom stereocenters. The number of amides is 2. The van der Waals surface area contributed by atoms with E-state index < -0.39 is 6.04 Å². The molecule has 2 N–H and O–H groups in total. The van der Waals surface area contributed by atoms with Crippen molar-refractivity contribution in [2.75, 3.05) is 13.2 Å². The second kappa shape index (κ2) is 7.64. The van der Waals surface area contributed by atoms with Crippen LogP contribution in [0.4, 0.5) is 0 Å². The van der Waals surface area contributed by atoms with E-state index in [9.17, 15) is 9.59 Å². The van der Waals surface area contributed by atoms with Crippen molar-refractivity contribution in [3.8, 4) is 11.5 Å². The Hall–Kier alpha value is -1.76. The number of hydrogen-bond donors (Lipinski definition) is 2. The summed E-state index contributed by atoms with van der Waals surface area (Å²) in [5.74, 6) is 1.21. The summed E-state index contributed by atoms with van der Waals surface area (Å²) < 4.78 is 12.0. The van der Waals surface area contributed by atoms with E-state index in [1.165, 1.54) is 0 Å². The van der Waals surface area contributed by atoms with Gasteiger partial charge in [0.05, 0.1) is 6.04 Å². The molecule has 0 saturated heterocycles. The van der Waals surface area contributed by atoms with Gasteiger partial charge in [-0.15, -0.1) is 0 Å². The third-order valence-electron chi connectivity index (χ3n) is 4.71. The van der Waals surface area contributed by atoms with Gasteiger partial charge in [-0.2, -0.15) is 0 Å². The predicted molar refractivity (Wildman–Crippen MR) is 96.6 cm³/mol. The summed E-state index contributed by atoms with van der Waals surface area (Å²) in [5.41, 5.74) is 0.898. The molecule has 1 aliphatic carbocycles. The number of halogens is 1. The minimum atomic E-state index is -0.563. The maximum atomic E-state index is 12.4. The van der Waals surface area contributed by atoms with E-state index in [0.29, 0.717) is 24.7 Å². The van der Waals surface area contributed by atoms with Crippen LogP contribution < -0.4 is 20.1 Å². The molecular weight excluding hydrogens is 388 g/mol. The molecule has 2 aliphatic rings. The second-order valence-electron chi connectivity index (χ2n) is 6.61. The van der Waals surface area contributed by atoms with E-state index in [1.807, 2.05) is 19.1 Å². The van der Waals surface area contributed by atoms with Crippen LogP contribution in [-0.4, -0.2) is 31.1 Å². The standard InChI is InChI=1S/C18H23BrN2O4/c1-10(13-8-15-16(9-14(13)19)25-7-6-24-15)20-17(22)11(2)21-18(23)12-4-3-5-12/h8-12H,3-7H2,1-2H3,(H,20,22)(H,21,23). The Balaban J connectivity index is 1.61. The SMILES string of the molecule is CC(NC(=O)C1CCC1)C(=O)NC(C)c1cc2c(cc1Br)OCCO2. The highest BCUT2D eigenvalue weighted by molar-refractivity contribution is 9.10. The highest BCUT2D eigenvalue weighted by atomic mass is 79.9. The van der Waals surface area contributed by atoms with Crippen LogP contribution in [0.2, 0.25) is 0 Å². The summed E-state index contributed by atoms with van der Waals surface area (Å²) in [7, 11) is 0. The fraction of sp³-hybridized carbons (Fsp3) is 0.556. The van der Waals surface area contributed by atoms with Crippen molar-refractivity contribution in [3.63, 3.8) is 0 Å². The smallest absolute Gasteiger partial charge is 0.242 e. The first-order valence-corrected chi connectivity index (χ1v) is 9.45. The van der Waals surface area contributed by atoms with Gasteiger partial charge in [-0.3, -0.25) is 9.59 Å². The number of benzene rings is 1. The van der Waals surface area contributed by atoms with Crippen LogP contribution in [-0.2, 0) is 9.59 Å². The number of rotatable bonds is 5. The Kier molecular flexibility index (Phi) is 5.51. The van der Waals surface area contributed by atoms with Gasteiger partial charge >= 0.3 is 0 Å². The molecule has 7 heteroatoms. The molecule has 3 rings (SSSR count). The predicted octanol–water partition coefficient (Wildman–Crippen LogP) is 2.70. The highest BCUT2D eigenvalue weighted by Crippen LogP contribution is 2.37. The number of carbonyl (C=O) groups excluding carboxylic acids is 2. The lowest BCUT2D eigenvalue weighted by Gasteiger charge is -2.27. The summed E-state index contributed by atoms with van der Waals surface area (Å²) in [5, 5.41) is 5.74. The molecule has 136 valence electrons. The van der Waals surface area contributed by atoms with Crippen LogP contribution in [0.15, 0.2) is 16.6 Å². The van der Waals surface area contributed by atoms with Crippen molar-refractivity contribution in [3.05, 3.63) is 22.2 Å². The fourth-order valence-electron chi connectivity index (χ4n) is 2.89. The molecule has 0 spiro atoms. The third-order valence-corrected chi connectivity index (χ3v) is 5.40. The number of fused-ring (bicyclic) bond motifs is 1. The zero-order valence-electron chi connectivity index (χ0n) is 14.4. The molecule has 2 atom stereocenters. The summed E-state index contributed by atoms with van der Waals surface area (Å²) in [6, 6.07) is 2.93. The average molecular weight is 411 g/mol. The summed E-state index contributed by atoms with van der Waals surface area (Å²) in [4.78, 5) is 24.4. The summed E-state index contributed by atoms with van der Waals surface area (Å²) in [6.07, 6.45) is 2.93. The highest BCUT2D eigenvalue weighted by Gasteiger charge is 2.28. The first-order valence-electron chi connectivity index (χ1n) is 8.65. The lowest BCUT2D eigenvalue weighted by Crippen LogP contribution is -2.48. The Morgan fingerprint density at radius 1 is 1.12 bits per heavy atom. The molecule has 25 heavy (non-hydrogen) atoms. The van der Waals surface area contributed by atoms with Crippen LogP contribution in [0, 0.1) is 5.92 Å². The Labute approximate surface area is 155 Å². The van der Waals surface area contributed by atoms with Crippen molar-refractivity contribution < 1.29 is 19.1 Å². The van der Waals surface area contributed by atoms with Gasteiger partial charge in [-0.05, 0) is 44.4 Å². The van der Waals surface area contributed by atoms with Crippen molar-refractivity contribution in [2.45, 2.75) is 45.2 Å². The van der Waals surface area contributed by atoms with Crippen LogP contribution in [0.3, 0.4) is 0 Å². The molecule has 1 fully saturated rings. The molecule has 0 bridgehead atoms. The van der Waals surface area contributed by atoms with E-state index in [0.717, 1.165) is 29.3 Å². The Morgan fingerprint density at radius 3 is 2.36 bits per heavy atom. The zero-order valence-corrected chi connectivity index (χ0v) is 16.0.